The molecule has 3 aromatic rings. The van der Waals surface area contributed by atoms with Crippen molar-refractivity contribution in [3.8, 4) is 5.75 Å². The first-order valence-electron chi connectivity index (χ1n) is 11.9. The van der Waals surface area contributed by atoms with E-state index in [-0.39, 0.29) is 17.4 Å². The number of fused-ring (bicyclic) bond motifs is 3. The highest BCUT2D eigenvalue weighted by Gasteiger charge is 2.51. The van der Waals surface area contributed by atoms with Crippen molar-refractivity contribution in [2.75, 3.05) is 48.4 Å². The number of benzene rings is 1. The number of pyridine rings is 1. The number of aryl methyl sites for hydroxylation is 1. The van der Waals surface area contributed by atoms with E-state index in [1.807, 2.05) is 4.90 Å². The average molecular weight is 519 g/mol. The number of anilines is 4. The van der Waals surface area contributed by atoms with E-state index < -0.39 is 24.1 Å². The van der Waals surface area contributed by atoms with Gasteiger partial charge in [0.2, 0.25) is 11.7 Å². The quantitative estimate of drug-likeness (QED) is 0.539. The smallest absolute Gasteiger partial charge is 0.301 e. The molecular formula is C24H25ClF2N6O3. The predicted molar refractivity (Wildman–Crippen MR) is 133 cm³/mol. The number of ether oxygens (including phenoxy) is 2. The Balaban J connectivity index is 1.40. The Labute approximate surface area is 210 Å². The van der Waals surface area contributed by atoms with Gasteiger partial charge in [-0.1, -0.05) is 11.6 Å². The molecule has 12 heteroatoms. The van der Waals surface area contributed by atoms with Gasteiger partial charge >= 0.3 is 5.92 Å². The average Bonchev–Trinajstić information content (AvgIpc) is 3.72. The van der Waals surface area contributed by atoms with Crippen molar-refractivity contribution in [1.29, 1.82) is 0 Å². The van der Waals surface area contributed by atoms with E-state index in [0.717, 1.165) is 12.8 Å². The Bertz CT molecular complexity index is 1390. The first-order chi connectivity index (χ1) is 17.3. The molecule has 190 valence electrons. The summed E-state index contributed by atoms with van der Waals surface area (Å²) in [5.41, 5.74) is 1.03. The molecule has 1 atom stereocenters. The van der Waals surface area contributed by atoms with E-state index in [4.69, 9.17) is 21.1 Å². The fourth-order valence-electron chi connectivity index (χ4n) is 4.78. The Hall–Kier alpha value is -3.18. The second-order valence-corrected chi connectivity index (χ2v) is 9.81. The Morgan fingerprint density at radius 1 is 1.25 bits per heavy atom. The molecule has 36 heavy (non-hydrogen) atoms. The van der Waals surface area contributed by atoms with Gasteiger partial charge in [-0.25, -0.2) is 13.8 Å². The third-order valence-corrected chi connectivity index (χ3v) is 7.18. The molecule has 1 unspecified atom stereocenters. The molecule has 0 amide bonds. The number of aromatic nitrogens is 3. The minimum Gasteiger partial charge on any atom is -0.480 e. The standard InChI is InChI=1S/C24H25ClF2N6O3/c1-32-17-5-4-14(29-21-16(25)11-28-23(31-21)33-6-8-35-9-7-33)10-15(17)18-19(22(32)34)36-12-24(26,27)20(30-18)13-2-3-13/h4-5,10-11,13,20,30H,2-3,6-9,12H2,1H3,(H,28,29,31). The van der Waals surface area contributed by atoms with Crippen LogP contribution in [0.2, 0.25) is 5.02 Å². The molecule has 1 saturated carbocycles. The van der Waals surface area contributed by atoms with E-state index in [2.05, 4.69) is 20.6 Å². The van der Waals surface area contributed by atoms with Crippen LogP contribution in [0.15, 0.2) is 29.2 Å². The fourth-order valence-corrected chi connectivity index (χ4v) is 4.92. The molecule has 6 rings (SSSR count). The number of nitrogens with one attached hydrogen (secondary N) is 2. The number of morpholine rings is 1. The van der Waals surface area contributed by atoms with Crippen LogP contribution in [0, 0.1) is 5.92 Å². The highest BCUT2D eigenvalue weighted by molar-refractivity contribution is 6.32. The summed E-state index contributed by atoms with van der Waals surface area (Å²) >= 11 is 6.39. The SMILES string of the molecule is Cn1c(=O)c2c(c3cc(Nc4nc(N5CCOCC5)ncc4Cl)ccc31)NC(C1CC1)C(F)(F)CO2. The van der Waals surface area contributed by atoms with Crippen LogP contribution in [0.3, 0.4) is 0 Å². The van der Waals surface area contributed by atoms with E-state index in [1.54, 1.807) is 25.2 Å². The van der Waals surface area contributed by atoms with Gasteiger partial charge < -0.3 is 29.6 Å². The van der Waals surface area contributed by atoms with Gasteiger partial charge in [-0.3, -0.25) is 4.79 Å². The maximum Gasteiger partial charge on any atom is 0.301 e. The topological polar surface area (TPSA) is 93.5 Å². The molecule has 0 bridgehead atoms. The first-order valence-corrected chi connectivity index (χ1v) is 12.3. The molecular weight excluding hydrogens is 494 g/mol. The van der Waals surface area contributed by atoms with Crippen LogP contribution in [0.25, 0.3) is 10.9 Å². The van der Waals surface area contributed by atoms with Gasteiger partial charge in [0.15, 0.2) is 12.4 Å². The molecule has 1 aromatic carbocycles. The van der Waals surface area contributed by atoms with Gasteiger partial charge in [0.1, 0.15) is 5.02 Å². The normalized spacial score (nSPS) is 21.3. The number of hydrogen-bond acceptors (Lipinski definition) is 8. The molecule has 2 aliphatic heterocycles. The lowest BCUT2D eigenvalue weighted by atomic mass is 10.0. The van der Waals surface area contributed by atoms with E-state index in [9.17, 15) is 13.6 Å². The van der Waals surface area contributed by atoms with E-state index >= 15 is 0 Å². The number of nitrogens with zero attached hydrogens (tertiary/aromatic N) is 4. The molecule has 1 aliphatic carbocycles. The Morgan fingerprint density at radius 2 is 2.03 bits per heavy atom. The summed E-state index contributed by atoms with van der Waals surface area (Å²) in [5, 5.41) is 7.13. The van der Waals surface area contributed by atoms with Crippen molar-refractivity contribution in [2.45, 2.75) is 24.8 Å². The summed E-state index contributed by atoms with van der Waals surface area (Å²) in [5.74, 6) is -2.41. The number of alkyl halides is 2. The minimum atomic E-state index is -3.10. The Morgan fingerprint density at radius 3 is 2.78 bits per heavy atom. The summed E-state index contributed by atoms with van der Waals surface area (Å²) < 4.78 is 42.0. The molecule has 0 spiro atoms. The van der Waals surface area contributed by atoms with Crippen molar-refractivity contribution in [3.05, 3.63) is 39.8 Å². The van der Waals surface area contributed by atoms with Gasteiger partial charge in [0.25, 0.3) is 5.56 Å². The van der Waals surface area contributed by atoms with Crippen molar-refractivity contribution >= 4 is 45.6 Å². The third-order valence-electron chi connectivity index (χ3n) is 6.90. The van der Waals surface area contributed by atoms with Gasteiger partial charge in [-0.15, -0.1) is 0 Å². The molecule has 9 nitrogen and oxygen atoms in total. The second-order valence-electron chi connectivity index (χ2n) is 9.40. The third kappa shape index (κ3) is 4.09. The molecule has 3 aliphatic rings. The van der Waals surface area contributed by atoms with Crippen LogP contribution in [-0.4, -0.2) is 59.4 Å². The van der Waals surface area contributed by atoms with Crippen molar-refractivity contribution in [1.82, 2.24) is 14.5 Å². The largest absolute Gasteiger partial charge is 0.480 e. The van der Waals surface area contributed by atoms with Crippen molar-refractivity contribution in [2.24, 2.45) is 13.0 Å². The highest BCUT2D eigenvalue weighted by atomic mass is 35.5. The number of hydrogen-bond donors (Lipinski definition) is 2. The van der Waals surface area contributed by atoms with Gasteiger partial charge in [-0.2, -0.15) is 4.98 Å². The second kappa shape index (κ2) is 8.74. The van der Waals surface area contributed by atoms with E-state index in [1.165, 1.54) is 10.8 Å². The highest BCUT2D eigenvalue weighted by Crippen LogP contribution is 2.45. The van der Waals surface area contributed by atoms with Gasteiger partial charge in [-0.05, 0) is 37.0 Å². The predicted octanol–water partition coefficient (Wildman–Crippen LogP) is 3.78. The first kappa shape index (κ1) is 23.2. The van der Waals surface area contributed by atoms with Crippen LogP contribution in [0.5, 0.6) is 5.75 Å². The summed E-state index contributed by atoms with van der Waals surface area (Å²) in [6, 6.07) is 4.22. The van der Waals surface area contributed by atoms with Crippen LogP contribution in [-0.2, 0) is 11.8 Å². The number of halogens is 3. The van der Waals surface area contributed by atoms with E-state index in [0.29, 0.717) is 59.7 Å². The summed E-state index contributed by atoms with van der Waals surface area (Å²) in [7, 11) is 1.60. The zero-order valence-electron chi connectivity index (χ0n) is 19.6. The van der Waals surface area contributed by atoms with Gasteiger partial charge in [0, 0.05) is 31.2 Å². The lowest BCUT2D eigenvalue weighted by Gasteiger charge is -2.27. The number of rotatable bonds is 4. The van der Waals surface area contributed by atoms with Crippen molar-refractivity contribution < 1.29 is 18.3 Å². The summed E-state index contributed by atoms with van der Waals surface area (Å²) in [6.07, 6.45) is 2.97. The van der Waals surface area contributed by atoms with Gasteiger partial charge in [0.05, 0.1) is 36.7 Å². The lowest BCUT2D eigenvalue weighted by molar-refractivity contribution is -0.0579. The zero-order chi connectivity index (χ0) is 25.0. The van der Waals surface area contributed by atoms with Crippen LogP contribution in [0.4, 0.5) is 31.9 Å². The Kier molecular flexibility index (Phi) is 5.64. The minimum absolute atomic E-state index is 0.0975. The van der Waals surface area contributed by atoms with Crippen LogP contribution >= 0.6 is 11.6 Å². The maximum absolute atomic E-state index is 14.9. The fraction of sp³-hybridized carbons (Fsp3) is 0.458. The molecule has 0 radical (unpaired) electrons. The van der Waals surface area contributed by atoms with Crippen molar-refractivity contribution in [3.63, 3.8) is 0 Å². The molecule has 2 N–H and O–H groups in total. The maximum atomic E-state index is 14.9. The monoisotopic (exact) mass is 518 g/mol. The molecule has 2 fully saturated rings. The lowest BCUT2D eigenvalue weighted by Crippen LogP contribution is -2.44. The van der Waals surface area contributed by atoms with Crippen LogP contribution in [0.1, 0.15) is 12.8 Å². The molecule has 4 heterocycles. The zero-order valence-corrected chi connectivity index (χ0v) is 20.3. The molecule has 2 aromatic heterocycles. The summed E-state index contributed by atoms with van der Waals surface area (Å²) in [4.78, 5) is 23.9. The molecule has 1 saturated heterocycles. The van der Waals surface area contributed by atoms with Crippen LogP contribution < -0.4 is 25.8 Å². The summed E-state index contributed by atoms with van der Waals surface area (Å²) in [6.45, 7) is 1.71.